The van der Waals surface area contributed by atoms with Crippen molar-refractivity contribution >= 4 is 12.1 Å². The number of hydrazone groups is 1. The number of amides is 1. The fraction of sp³-hybridized carbons (Fsp3) is 0.176. The highest BCUT2D eigenvalue weighted by atomic mass is 16.5. The van der Waals surface area contributed by atoms with E-state index in [0.717, 1.165) is 11.1 Å². The number of rotatable bonds is 5. The molecule has 0 fully saturated rings. The summed E-state index contributed by atoms with van der Waals surface area (Å²) < 4.78 is 5.41. The van der Waals surface area contributed by atoms with Crippen molar-refractivity contribution in [2.75, 3.05) is 13.7 Å². The average Bonchev–Trinajstić information content (AvgIpc) is 2.53. The number of likely N-dealkylation sites (N-methyl/N-ethyl adjacent to an activating group) is 1. The van der Waals surface area contributed by atoms with Gasteiger partial charge in [0.1, 0.15) is 11.5 Å². The Morgan fingerprint density at radius 2 is 1.82 bits per heavy atom. The van der Waals surface area contributed by atoms with Crippen LogP contribution < -0.4 is 4.74 Å². The van der Waals surface area contributed by atoms with Crippen LogP contribution in [0.5, 0.6) is 11.5 Å². The van der Waals surface area contributed by atoms with Gasteiger partial charge in [-0.2, -0.15) is 5.10 Å². The summed E-state index contributed by atoms with van der Waals surface area (Å²) in [4.78, 5) is 11.9. The summed E-state index contributed by atoms with van der Waals surface area (Å²) in [6.07, 6.45) is 1.54. The molecular formula is C17H18N2O3. The second kappa shape index (κ2) is 7.26. The number of aryl methyl sites for hydroxylation is 1. The van der Waals surface area contributed by atoms with Gasteiger partial charge in [-0.15, -0.1) is 0 Å². The van der Waals surface area contributed by atoms with Crippen LogP contribution in [0.3, 0.4) is 0 Å². The Kier molecular flexibility index (Phi) is 5.14. The minimum atomic E-state index is -0.254. The maximum Gasteiger partial charge on any atom is 0.280 e. The molecule has 0 radical (unpaired) electrons. The summed E-state index contributed by atoms with van der Waals surface area (Å²) in [7, 11) is 1.57. The first-order valence-corrected chi connectivity index (χ1v) is 6.83. The van der Waals surface area contributed by atoms with Gasteiger partial charge in [0.05, 0.1) is 6.21 Å². The highest BCUT2D eigenvalue weighted by Crippen LogP contribution is 2.11. The number of carbonyl (C=O) groups excluding carboxylic acids is 1. The van der Waals surface area contributed by atoms with E-state index in [-0.39, 0.29) is 18.3 Å². The van der Waals surface area contributed by atoms with E-state index in [1.165, 1.54) is 5.01 Å². The van der Waals surface area contributed by atoms with E-state index in [2.05, 4.69) is 5.10 Å². The van der Waals surface area contributed by atoms with Crippen molar-refractivity contribution in [1.29, 1.82) is 0 Å². The lowest BCUT2D eigenvalue weighted by molar-refractivity contribution is -0.132. The smallest absolute Gasteiger partial charge is 0.280 e. The van der Waals surface area contributed by atoms with Crippen LogP contribution in [0.15, 0.2) is 53.6 Å². The van der Waals surface area contributed by atoms with Gasteiger partial charge in [-0.3, -0.25) is 4.79 Å². The molecule has 5 heteroatoms. The standard InChI is InChI=1S/C17H18N2O3/c1-13-3-9-16(10-4-13)22-12-17(21)19(2)18-11-14-5-7-15(20)8-6-14/h3-11,20H,12H2,1-2H3/b18-11+. The number of phenols is 1. The molecule has 5 nitrogen and oxygen atoms in total. The molecule has 0 aliphatic carbocycles. The second-order valence-electron chi connectivity index (χ2n) is 4.86. The number of hydrogen-bond acceptors (Lipinski definition) is 4. The fourth-order valence-corrected chi connectivity index (χ4v) is 1.65. The zero-order valence-electron chi connectivity index (χ0n) is 12.6. The predicted molar refractivity (Wildman–Crippen MR) is 85.1 cm³/mol. The van der Waals surface area contributed by atoms with Gasteiger partial charge in [0.2, 0.25) is 0 Å². The van der Waals surface area contributed by atoms with E-state index >= 15 is 0 Å². The Hall–Kier alpha value is -2.82. The zero-order chi connectivity index (χ0) is 15.9. The van der Waals surface area contributed by atoms with E-state index in [4.69, 9.17) is 4.74 Å². The predicted octanol–water partition coefficient (Wildman–Crippen LogP) is 2.57. The molecule has 0 saturated heterocycles. The molecule has 0 saturated carbocycles. The lowest BCUT2D eigenvalue weighted by atomic mass is 10.2. The molecule has 114 valence electrons. The van der Waals surface area contributed by atoms with Crippen molar-refractivity contribution in [2.24, 2.45) is 5.10 Å². The van der Waals surface area contributed by atoms with Crippen LogP contribution in [0.2, 0.25) is 0 Å². The Labute approximate surface area is 129 Å². The summed E-state index contributed by atoms with van der Waals surface area (Å²) >= 11 is 0. The number of ether oxygens (including phenoxy) is 1. The topological polar surface area (TPSA) is 62.1 Å². The third-order valence-electron chi connectivity index (χ3n) is 3.02. The van der Waals surface area contributed by atoms with Gasteiger partial charge in [-0.25, -0.2) is 5.01 Å². The second-order valence-corrected chi connectivity index (χ2v) is 4.86. The van der Waals surface area contributed by atoms with E-state index in [1.54, 1.807) is 37.5 Å². The molecule has 2 aromatic carbocycles. The van der Waals surface area contributed by atoms with Gasteiger partial charge in [0, 0.05) is 7.05 Å². The Bertz CT molecular complexity index is 649. The molecule has 0 aliphatic heterocycles. The average molecular weight is 298 g/mol. The molecule has 22 heavy (non-hydrogen) atoms. The van der Waals surface area contributed by atoms with Crippen LogP contribution in [0.25, 0.3) is 0 Å². The summed E-state index contributed by atoms with van der Waals surface area (Å²) in [5.74, 6) is 0.582. The number of aromatic hydroxyl groups is 1. The van der Waals surface area contributed by atoms with Gasteiger partial charge >= 0.3 is 0 Å². The molecule has 1 N–H and O–H groups in total. The molecule has 0 spiro atoms. The van der Waals surface area contributed by atoms with Crippen molar-refractivity contribution in [2.45, 2.75) is 6.92 Å². The first-order chi connectivity index (χ1) is 10.5. The van der Waals surface area contributed by atoms with Gasteiger partial charge in [0.15, 0.2) is 6.61 Å². The van der Waals surface area contributed by atoms with Crippen LogP contribution in [-0.2, 0) is 4.79 Å². The third-order valence-corrected chi connectivity index (χ3v) is 3.02. The van der Waals surface area contributed by atoms with E-state index in [9.17, 15) is 9.90 Å². The largest absolute Gasteiger partial charge is 0.508 e. The quantitative estimate of drug-likeness (QED) is 0.681. The fourth-order valence-electron chi connectivity index (χ4n) is 1.65. The summed E-state index contributed by atoms with van der Waals surface area (Å²) in [6.45, 7) is 1.91. The maximum atomic E-state index is 11.9. The molecule has 0 atom stereocenters. The van der Waals surface area contributed by atoms with Crippen molar-refractivity contribution in [1.82, 2.24) is 5.01 Å². The number of carbonyl (C=O) groups is 1. The van der Waals surface area contributed by atoms with Crippen LogP contribution in [0.4, 0.5) is 0 Å². The molecule has 0 aliphatic rings. The van der Waals surface area contributed by atoms with Crippen LogP contribution in [-0.4, -0.2) is 35.9 Å². The first kappa shape index (κ1) is 15.6. The highest BCUT2D eigenvalue weighted by Gasteiger charge is 2.07. The molecule has 2 aromatic rings. The van der Waals surface area contributed by atoms with Gasteiger partial charge < -0.3 is 9.84 Å². The molecule has 2 rings (SSSR count). The monoisotopic (exact) mass is 298 g/mol. The van der Waals surface area contributed by atoms with Crippen molar-refractivity contribution in [3.05, 3.63) is 59.7 Å². The number of benzene rings is 2. The highest BCUT2D eigenvalue weighted by molar-refractivity contribution is 5.83. The summed E-state index contributed by atoms with van der Waals surface area (Å²) in [5, 5.41) is 14.5. The Morgan fingerprint density at radius 3 is 2.45 bits per heavy atom. The molecular weight excluding hydrogens is 280 g/mol. The Balaban J connectivity index is 1.86. The van der Waals surface area contributed by atoms with Crippen LogP contribution >= 0.6 is 0 Å². The normalized spacial score (nSPS) is 10.6. The van der Waals surface area contributed by atoms with Crippen molar-refractivity contribution in [3.8, 4) is 11.5 Å². The lowest BCUT2D eigenvalue weighted by Gasteiger charge is -2.12. The SMILES string of the molecule is Cc1ccc(OCC(=O)N(C)/N=C/c2ccc(O)cc2)cc1. The Morgan fingerprint density at radius 1 is 1.18 bits per heavy atom. The minimum Gasteiger partial charge on any atom is -0.508 e. The van der Waals surface area contributed by atoms with E-state index in [0.29, 0.717) is 5.75 Å². The molecule has 0 unspecified atom stereocenters. The molecule has 0 bridgehead atoms. The van der Waals surface area contributed by atoms with Crippen LogP contribution in [0.1, 0.15) is 11.1 Å². The van der Waals surface area contributed by atoms with E-state index < -0.39 is 0 Å². The molecule has 0 heterocycles. The summed E-state index contributed by atoms with van der Waals surface area (Å²) in [6, 6.07) is 14.0. The zero-order valence-corrected chi connectivity index (χ0v) is 12.6. The van der Waals surface area contributed by atoms with Crippen LogP contribution in [0, 0.1) is 6.92 Å². The minimum absolute atomic E-state index is 0.0769. The molecule has 0 aromatic heterocycles. The number of hydrogen-bond donors (Lipinski definition) is 1. The first-order valence-electron chi connectivity index (χ1n) is 6.83. The summed E-state index contributed by atoms with van der Waals surface area (Å²) in [5.41, 5.74) is 1.92. The van der Waals surface area contributed by atoms with Gasteiger partial charge in [-0.1, -0.05) is 17.7 Å². The van der Waals surface area contributed by atoms with Gasteiger partial charge in [-0.05, 0) is 48.9 Å². The lowest BCUT2D eigenvalue weighted by Crippen LogP contribution is -2.27. The van der Waals surface area contributed by atoms with Crippen molar-refractivity contribution < 1.29 is 14.6 Å². The number of phenolic OH excluding ortho intramolecular Hbond substituents is 1. The maximum absolute atomic E-state index is 11.9. The van der Waals surface area contributed by atoms with Crippen molar-refractivity contribution in [3.63, 3.8) is 0 Å². The van der Waals surface area contributed by atoms with E-state index in [1.807, 2.05) is 31.2 Å². The molecule has 1 amide bonds. The number of nitrogens with zero attached hydrogens (tertiary/aromatic N) is 2. The van der Waals surface area contributed by atoms with Gasteiger partial charge in [0.25, 0.3) is 5.91 Å². The third kappa shape index (κ3) is 4.63.